The number of anilines is 3. The zero-order valence-corrected chi connectivity index (χ0v) is 17.4. The predicted octanol–water partition coefficient (Wildman–Crippen LogP) is 4.64. The molecule has 5 rings (SSSR count). The van der Waals surface area contributed by atoms with E-state index in [1.807, 2.05) is 30.3 Å². The fourth-order valence-electron chi connectivity index (χ4n) is 3.65. The number of hydrogen-bond donors (Lipinski definition) is 2. The molecular formula is C23H20ClFN6. The van der Waals surface area contributed by atoms with Gasteiger partial charge in [-0.2, -0.15) is 0 Å². The molecule has 0 radical (unpaired) electrons. The van der Waals surface area contributed by atoms with Crippen molar-refractivity contribution in [3.8, 4) is 11.1 Å². The second kappa shape index (κ2) is 8.45. The number of halogens is 2. The van der Waals surface area contributed by atoms with Crippen molar-refractivity contribution in [2.24, 2.45) is 0 Å². The van der Waals surface area contributed by atoms with Gasteiger partial charge in [0.1, 0.15) is 11.3 Å². The van der Waals surface area contributed by atoms with Crippen molar-refractivity contribution < 1.29 is 4.39 Å². The monoisotopic (exact) mass is 434 g/mol. The van der Waals surface area contributed by atoms with Crippen LogP contribution in [0.4, 0.5) is 21.7 Å². The first-order chi connectivity index (χ1) is 15.2. The van der Waals surface area contributed by atoms with Crippen molar-refractivity contribution in [2.75, 3.05) is 36.4 Å². The number of benzene rings is 3. The lowest BCUT2D eigenvalue weighted by atomic mass is 10.1. The van der Waals surface area contributed by atoms with E-state index < -0.39 is 5.82 Å². The molecule has 0 saturated carbocycles. The predicted molar refractivity (Wildman–Crippen MR) is 123 cm³/mol. The maximum atomic E-state index is 13.5. The Hall–Kier alpha value is -3.29. The molecule has 0 atom stereocenters. The van der Waals surface area contributed by atoms with Gasteiger partial charge >= 0.3 is 0 Å². The van der Waals surface area contributed by atoms with E-state index in [9.17, 15) is 4.39 Å². The van der Waals surface area contributed by atoms with Gasteiger partial charge in [0, 0.05) is 37.6 Å². The average Bonchev–Trinajstić information content (AvgIpc) is 2.81. The molecule has 0 spiro atoms. The highest BCUT2D eigenvalue weighted by Crippen LogP contribution is 2.27. The Morgan fingerprint density at radius 3 is 2.39 bits per heavy atom. The molecule has 8 heteroatoms. The quantitative estimate of drug-likeness (QED) is 0.488. The SMILES string of the molecule is Fc1ccc(-c2ccc3nnc(Nc4ccc(N5CCNCC5)cc4)nc3c2)cc1Cl. The molecule has 1 saturated heterocycles. The van der Waals surface area contributed by atoms with E-state index in [2.05, 4.69) is 42.8 Å². The van der Waals surface area contributed by atoms with Crippen molar-refractivity contribution in [2.45, 2.75) is 0 Å². The molecule has 31 heavy (non-hydrogen) atoms. The average molecular weight is 435 g/mol. The lowest BCUT2D eigenvalue weighted by Gasteiger charge is -2.29. The number of aromatic nitrogens is 3. The van der Waals surface area contributed by atoms with Gasteiger partial charge in [0.05, 0.1) is 10.5 Å². The molecule has 6 nitrogen and oxygen atoms in total. The lowest BCUT2D eigenvalue weighted by Crippen LogP contribution is -2.43. The van der Waals surface area contributed by atoms with Crippen LogP contribution in [-0.2, 0) is 0 Å². The van der Waals surface area contributed by atoms with Crippen molar-refractivity contribution in [3.05, 3.63) is 71.5 Å². The molecule has 0 bridgehead atoms. The molecule has 3 aromatic carbocycles. The molecule has 2 heterocycles. The summed E-state index contributed by atoms with van der Waals surface area (Å²) >= 11 is 5.93. The smallest absolute Gasteiger partial charge is 0.247 e. The Morgan fingerprint density at radius 1 is 0.871 bits per heavy atom. The minimum Gasteiger partial charge on any atom is -0.369 e. The number of nitrogens with zero attached hydrogens (tertiary/aromatic N) is 4. The number of hydrogen-bond acceptors (Lipinski definition) is 6. The topological polar surface area (TPSA) is 66.0 Å². The van der Waals surface area contributed by atoms with Crippen LogP contribution in [0, 0.1) is 5.82 Å². The first-order valence-electron chi connectivity index (χ1n) is 10.1. The molecule has 2 N–H and O–H groups in total. The molecule has 4 aromatic rings. The molecule has 1 aliphatic heterocycles. The zero-order chi connectivity index (χ0) is 21.2. The van der Waals surface area contributed by atoms with Crippen LogP contribution in [0.15, 0.2) is 60.7 Å². The van der Waals surface area contributed by atoms with Gasteiger partial charge in [0.25, 0.3) is 0 Å². The summed E-state index contributed by atoms with van der Waals surface area (Å²) in [6.45, 7) is 4.02. The van der Waals surface area contributed by atoms with Gasteiger partial charge in [-0.25, -0.2) is 9.37 Å². The second-order valence-electron chi connectivity index (χ2n) is 7.38. The molecule has 1 fully saturated rings. The normalized spacial score (nSPS) is 14.1. The van der Waals surface area contributed by atoms with Gasteiger partial charge in [-0.3, -0.25) is 0 Å². The van der Waals surface area contributed by atoms with Crippen LogP contribution in [-0.4, -0.2) is 41.4 Å². The van der Waals surface area contributed by atoms with Gasteiger partial charge in [-0.05, 0) is 59.7 Å². The van der Waals surface area contributed by atoms with E-state index >= 15 is 0 Å². The molecule has 0 aliphatic carbocycles. The van der Waals surface area contributed by atoms with Crippen LogP contribution >= 0.6 is 11.6 Å². The van der Waals surface area contributed by atoms with Crippen LogP contribution in [0.25, 0.3) is 22.2 Å². The highest BCUT2D eigenvalue weighted by atomic mass is 35.5. The third-order valence-electron chi connectivity index (χ3n) is 5.31. The Kier molecular flexibility index (Phi) is 5.36. The molecule has 156 valence electrons. The van der Waals surface area contributed by atoms with Crippen molar-refractivity contribution in [1.29, 1.82) is 0 Å². The summed E-state index contributed by atoms with van der Waals surface area (Å²) in [5.41, 5.74) is 5.14. The van der Waals surface area contributed by atoms with E-state index in [-0.39, 0.29) is 5.02 Å². The Morgan fingerprint density at radius 2 is 1.61 bits per heavy atom. The summed E-state index contributed by atoms with van der Waals surface area (Å²) in [6.07, 6.45) is 0. The highest BCUT2D eigenvalue weighted by molar-refractivity contribution is 6.31. The van der Waals surface area contributed by atoms with Gasteiger partial charge in [0.2, 0.25) is 5.95 Å². The summed E-state index contributed by atoms with van der Waals surface area (Å²) in [7, 11) is 0. The van der Waals surface area contributed by atoms with E-state index in [0.717, 1.165) is 43.0 Å². The summed E-state index contributed by atoms with van der Waals surface area (Å²) in [6, 6.07) is 18.5. The van der Waals surface area contributed by atoms with E-state index in [0.29, 0.717) is 17.0 Å². The van der Waals surface area contributed by atoms with Gasteiger partial charge in [0.15, 0.2) is 0 Å². The number of fused-ring (bicyclic) bond motifs is 1. The fraction of sp³-hybridized carbons (Fsp3) is 0.174. The fourth-order valence-corrected chi connectivity index (χ4v) is 3.83. The maximum Gasteiger partial charge on any atom is 0.247 e. The molecule has 0 unspecified atom stereocenters. The highest BCUT2D eigenvalue weighted by Gasteiger charge is 2.11. The van der Waals surface area contributed by atoms with E-state index in [4.69, 9.17) is 11.6 Å². The number of piperazine rings is 1. The van der Waals surface area contributed by atoms with Gasteiger partial charge < -0.3 is 15.5 Å². The van der Waals surface area contributed by atoms with Crippen LogP contribution in [0.1, 0.15) is 0 Å². The van der Waals surface area contributed by atoms with Crippen molar-refractivity contribution >= 4 is 40.0 Å². The van der Waals surface area contributed by atoms with Crippen LogP contribution in [0.5, 0.6) is 0 Å². The number of nitrogens with one attached hydrogen (secondary N) is 2. The van der Waals surface area contributed by atoms with Gasteiger partial charge in [-0.15, -0.1) is 10.2 Å². The number of rotatable bonds is 4. The lowest BCUT2D eigenvalue weighted by molar-refractivity contribution is 0.589. The first kappa shape index (κ1) is 19.7. The molecular weight excluding hydrogens is 415 g/mol. The third-order valence-corrected chi connectivity index (χ3v) is 5.60. The summed E-state index contributed by atoms with van der Waals surface area (Å²) in [5.74, 6) is -0.0265. The summed E-state index contributed by atoms with van der Waals surface area (Å²) in [5, 5.41) is 15.1. The van der Waals surface area contributed by atoms with E-state index in [1.54, 1.807) is 12.1 Å². The molecule has 0 amide bonds. The largest absolute Gasteiger partial charge is 0.369 e. The summed E-state index contributed by atoms with van der Waals surface area (Å²) < 4.78 is 13.5. The van der Waals surface area contributed by atoms with E-state index in [1.165, 1.54) is 11.8 Å². The van der Waals surface area contributed by atoms with Crippen LogP contribution in [0.2, 0.25) is 5.02 Å². The molecule has 1 aliphatic rings. The molecule has 1 aromatic heterocycles. The zero-order valence-electron chi connectivity index (χ0n) is 16.6. The van der Waals surface area contributed by atoms with Crippen LogP contribution < -0.4 is 15.5 Å². The Labute approximate surface area is 184 Å². The van der Waals surface area contributed by atoms with Crippen LogP contribution in [0.3, 0.4) is 0 Å². The maximum absolute atomic E-state index is 13.5. The van der Waals surface area contributed by atoms with Crippen molar-refractivity contribution in [1.82, 2.24) is 20.5 Å². The summed E-state index contributed by atoms with van der Waals surface area (Å²) in [4.78, 5) is 6.96. The third kappa shape index (κ3) is 4.28. The van der Waals surface area contributed by atoms with Gasteiger partial charge in [-0.1, -0.05) is 23.7 Å². The Balaban J connectivity index is 1.38. The minimum atomic E-state index is -0.440. The Bertz CT molecular complexity index is 1220. The standard InChI is InChI=1S/C23H20ClFN6/c24-19-13-15(1-7-20(19)25)16-2-8-21-22(14-16)28-23(30-29-21)27-17-3-5-18(6-4-17)31-11-9-26-10-12-31/h1-8,13-14,26H,9-12H2,(H,27,28,30). The second-order valence-corrected chi connectivity index (χ2v) is 7.78. The first-order valence-corrected chi connectivity index (χ1v) is 10.5. The van der Waals surface area contributed by atoms with Crippen molar-refractivity contribution in [3.63, 3.8) is 0 Å². The minimum absolute atomic E-state index is 0.0880.